The van der Waals surface area contributed by atoms with Crippen molar-refractivity contribution in [1.82, 2.24) is 19.9 Å². The summed E-state index contributed by atoms with van der Waals surface area (Å²) in [6, 6.07) is 0. The number of carbonyl (C=O) groups excluding carboxylic acids is 2. The number of carboxylic acid groups (broad SMARTS) is 3. The topological polar surface area (TPSA) is 201 Å². The number of aromatic amines is 2. The first-order valence-corrected chi connectivity index (χ1v) is 7.44. The van der Waals surface area contributed by atoms with E-state index in [9.17, 15) is 24.6 Å². The fraction of sp³-hybridized carbons (Fsp3) is 0.188. The molecule has 28 heavy (non-hydrogen) atoms. The third kappa shape index (κ3) is 15.1. The summed E-state index contributed by atoms with van der Waals surface area (Å²) >= 11 is 0. The van der Waals surface area contributed by atoms with Crippen molar-refractivity contribution in [3.05, 3.63) is 48.6 Å². The Morgan fingerprint density at radius 1 is 1.07 bits per heavy atom. The van der Waals surface area contributed by atoms with Gasteiger partial charge in [0.15, 0.2) is 0 Å². The second kappa shape index (κ2) is 16.0. The van der Waals surface area contributed by atoms with E-state index in [1.807, 2.05) is 0 Å². The van der Waals surface area contributed by atoms with Gasteiger partial charge < -0.3 is 40.6 Å². The first-order valence-electron chi connectivity index (χ1n) is 7.44. The number of carbonyl (C=O) groups is 3. The zero-order valence-electron chi connectivity index (χ0n) is 14.8. The smallest absolute Gasteiger partial charge is 0.545 e. The average Bonchev–Trinajstić information content (AvgIpc) is 3.32. The minimum atomic E-state index is -1.22. The van der Waals surface area contributed by atoms with Crippen molar-refractivity contribution in [3.63, 3.8) is 0 Å². The number of H-pyrrole nitrogens is 2. The zero-order chi connectivity index (χ0) is 20.7. The Labute approximate surface area is 170 Å². The molecule has 0 spiro atoms. The predicted molar refractivity (Wildman–Crippen MR) is 96.9 cm³/mol. The molecule has 0 aliphatic heterocycles. The van der Waals surface area contributed by atoms with Crippen LogP contribution in [0.5, 0.6) is 0 Å². The Morgan fingerprint density at radius 2 is 1.46 bits per heavy atom. The number of hydrogen-bond donors (Lipinski definition) is 4. The number of carboxylic acids is 3. The summed E-state index contributed by atoms with van der Waals surface area (Å²) < 4.78 is 0. The maximum absolute atomic E-state index is 9.86. The number of nitrogens with zero attached hydrogens (tertiary/aromatic N) is 2. The molecular weight excluding hydrogens is 437 g/mol. The van der Waals surface area contributed by atoms with Gasteiger partial charge in [-0.2, -0.15) is 0 Å². The summed E-state index contributed by atoms with van der Waals surface area (Å²) in [6.45, 7) is 1.79. The molecule has 2 aromatic rings. The molecule has 12 heteroatoms. The molecule has 2 aromatic heterocycles. The molecule has 5 N–H and O–H groups in total. The van der Waals surface area contributed by atoms with Gasteiger partial charge in [0.25, 0.3) is 0 Å². The van der Waals surface area contributed by atoms with E-state index in [-0.39, 0.29) is 23.6 Å². The maximum atomic E-state index is 9.86. The van der Waals surface area contributed by atoms with Crippen molar-refractivity contribution in [2.24, 2.45) is 11.7 Å². The van der Waals surface area contributed by atoms with Gasteiger partial charge in [0, 0.05) is 18.9 Å². The van der Waals surface area contributed by atoms with Crippen LogP contribution in [0, 0.1) is 5.92 Å². The first-order chi connectivity index (χ1) is 12.8. The summed E-state index contributed by atoms with van der Waals surface area (Å²) in [7, 11) is 0. The molecule has 2 heterocycles. The van der Waals surface area contributed by atoms with Crippen LogP contribution >= 0.6 is 0 Å². The van der Waals surface area contributed by atoms with E-state index in [0.29, 0.717) is 11.4 Å². The molecule has 0 aromatic carbocycles. The van der Waals surface area contributed by atoms with E-state index in [1.165, 1.54) is 24.8 Å². The molecule has 0 bridgehead atoms. The molecule has 0 saturated carbocycles. The van der Waals surface area contributed by atoms with E-state index in [1.54, 1.807) is 19.3 Å². The standard InChI is InChI=1S/2C6H6N2O2.C4H9NO2.Se/c2*9-6(10)2-1-5-3-7-4-8-5;1-3(2-5)4(6)7;/h2*1-4H,(H,7,8)(H,9,10);3H,2,5H2,1H3,(H,6,7);/q;;;+2/p-2. The Balaban J connectivity index is 0. The van der Waals surface area contributed by atoms with E-state index in [2.05, 4.69) is 19.9 Å². The summed E-state index contributed by atoms with van der Waals surface area (Å²) in [6.07, 6.45) is 10.7. The van der Waals surface area contributed by atoms with E-state index in [4.69, 9.17) is 10.8 Å². The molecular formula is C16H19N5O6Se. The van der Waals surface area contributed by atoms with Crippen molar-refractivity contribution in [2.45, 2.75) is 6.92 Å². The summed E-state index contributed by atoms with van der Waals surface area (Å²) in [5, 5.41) is 27.8. The molecule has 0 fully saturated rings. The average molecular weight is 456 g/mol. The van der Waals surface area contributed by atoms with Crippen molar-refractivity contribution < 1.29 is 29.7 Å². The zero-order valence-corrected chi connectivity index (χ0v) is 16.5. The molecule has 2 rings (SSSR count). The van der Waals surface area contributed by atoms with Crippen LogP contribution in [-0.4, -0.2) is 66.6 Å². The van der Waals surface area contributed by atoms with Crippen LogP contribution in [0.2, 0.25) is 0 Å². The van der Waals surface area contributed by atoms with Gasteiger partial charge >= 0.3 is 23.0 Å². The molecule has 0 saturated heterocycles. The van der Waals surface area contributed by atoms with Crippen molar-refractivity contribution >= 4 is 47.1 Å². The predicted octanol–water partition coefficient (Wildman–Crippen LogP) is -2.37. The minimum absolute atomic E-state index is 0. The van der Waals surface area contributed by atoms with Gasteiger partial charge in [0.1, 0.15) is 0 Å². The van der Waals surface area contributed by atoms with Crippen LogP contribution in [0.15, 0.2) is 37.2 Å². The van der Waals surface area contributed by atoms with Crippen molar-refractivity contribution in [2.75, 3.05) is 6.54 Å². The fourth-order valence-corrected chi connectivity index (χ4v) is 1.13. The van der Waals surface area contributed by atoms with Gasteiger partial charge in [0.2, 0.25) is 0 Å². The molecule has 1 unspecified atom stereocenters. The van der Waals surface area contributed by atoms with Crippen LogP contribution in [0.4, 0.5) is 0 Å². The number of aromatic nitrogens is 4. The van der Waals surface area contributed by atoms with Crippen LogP contribution in [0.25, 0.3) is 12.2 Å². The van der Waals surface area contributed by atoms with Gasteiger partial charge in [-0.25, -0.2) is 9.97 Å². The molecule has 150 valence electrons. The Morgan fingerprint density at radius 3 is 1.64 bits per heavy atom. The SMILES string of the molecule is CC(CN)C(=O)O.O=C([O-])C=Cc1c[nH]cn1.O=C([O-])C=Cc1c[nH]cn1.[Se+2]. The third-order valence-electron chi connectivity index (χ3n) is 2.59. The molecule has 11 nitrogen and oxygen atoms in total. The van der Waals surface area contributed by atoms with Crippen molar-refractivity contribution in [3.8, 4) is 0 Å². The van der Waals surface area contributed by atoms with Crippen LogP contribution < -0.4 is 15.9 Å². The molecule has 4 radical (unpaired) electrons. The van der Waals surface area contributed by atoms with E-state index < -0.39 is 23.8 Å². The van der Waals surface area contributed by atoms with Gasteiger partial charge in [-0.3, -0.25) is 4.79 Å². The molecule has 1 atom stereocenters. The monoisotopic (exact) mass is 457 g/mol. The number of nitrogens with two attached hydrogens (primary N) is 1. The largest absolute Gasteiger partial charge is 2.00 e. The number of aliphatic carboxylic acids is 3. The third-order valence-corrected chi connectivity index (χ3v) is 2.59. The Kier molecular flexibility index (Phi) is 15.4. The van der Waals surface area contributed by atoms with Gasteiger partial charge in [-0.1, -0.05) is 6.92 Å². The van der Waals surface area contributed by atoms with E-state index in [0.717, 1.165) is 12.2 Å². The first kappa shape index (κ1) is 27.0. The van der Waals surface area contributed by atoms with Crippen molar-refractivity contribution in [1.29, 1.82) is 0 Å². The number of imidazole rings is 2. The molecule has 0 amide bonds. The van der Waals surface area contributed by atoms with Gasteiger partial charge in [-0.15, -0.1) is 0 Å². The summed E-state index contributed by atoms with van der Waals surface area (Å²) in [4.78, 5) is 42.4. The quantitative estimate of drug-likeness (QED) is 0.271. The van der Waals surface area contributed by atoms with Crippen LogP contribution in [-0.2, 0) is 14.4 Å². The molecule has 0 aliphatic carbocycles. The minimum Gasteiger partial charge on any atom is -0.545 e. The fourth-order valence-electron chi connectivity index (χ4n) is 1.13. The summed E-state index contributed by atoms with van der Waals surface area (Å²) in [5.74, 6) is -3.67. The molecule has 0 aliphatic rings. The Bertz CT molecular complexity index is 689. The van der Waals surface area contributed by atoms with Gasteiger partial charge in [-0.05, 0) is 24.3 Å². The normalized spacial score (nSPS) is 10.8. The number of nitrogens with one attached hydrogen (secondary N) is 2. The van der Waals surface area contributed by atoms with Gasteiger partial charge in [0.05, 0.1) is 41.9 Å². The van der Waals surface area contributed by atoms with Crippen LogP contribution in [0.1, 0.15) is 18.3 Å². The second-order valence-corrected chi connectivity index (χ2v) is 4.77. The number of hydrogen-bond acceptors (Lipinski definition) is 8. The maximum Gasteiger partial charge on any atom is 2.00 e. The second-order valence-electron chi connectivity index (χ2n) is 4.77. The number of rotatable bonds is 6. The Hall–Kier alpha value is -3.21. The van der Waals surface area contributed by atoms with Crippen LogP contribution in [0.3, 0.4) is 0 Å². The summed E-state index contributed by atoms with van der Waals surface area (Å²) in [5.41, 5.74) is 6.14. The van der Waals surface area contributed by atoms with E-state index >= 15 is 0 Å².